The van der Waals surface area contributed by atoms with Gasteiger partial charge in [0.2, 0.25) is 0 Å². The van der Waals surface area contributed by atoms with Gasteiger partial charge in [0.1, 0.15) is 6.61 Å². The summed E-state index contributed by atoms with van der Waals surface area (Å²) in [6.07, 6.45) is 2.67. The number of pyridine rings is 1. The Morgan fingerprint density at radius 2 is 1.90 bits per heavy atom. The lowest BCUT2D eigenvalue weighted by Gasteiger charge is -2.05. The number of hydrogen-bond acceptors (Lipinski definition) is 3. The van der Waals surface area contributed by atoms with E-state index in [1.54, 1.807) is 19.3 Å². The van der Waals surface area contributed by atoms with Crippen LogP contribution in [0, 0.1) is 0 Å². The standard InChI is InChI=1S/C16H17NO3/c1-17-10-9-14(11-15(17)18)12-20-16(19)8-7-13-5-3-2-4-6-13/h2-6,9-11H,7-8,12H2,1H3. The van der Waals surface area contributed by atoms with Gasteiger partial charge < -0.3 is 9.30 Å². The van der Waals surface area contributed by atoms with Crippen LogP contribution in [0.25, 0.3) is 0 Å². The molecular formula is C16H17NO3. The van der Waals surface area contributed by atoms with Gasteiger partial charge in [-0.3, -0.25) is 9.59 Å². The van der Waals surface area contributed by atoms with Crippen LogP contribution in [0.1, 0.15) is 17.5 Å². The van der Waals surface area contributed by atoms with Crippen LogP contribution in [-0.4, -0.2) is 10.5 Å². The van der Waals surface area contributed by atoms with Gasteiger partial charge in [0.15, 0.2) is 0 Å². The fraction of sp³-hybridized carbons (Fsp3) is 0.250. The zero-order valence-electron chi connectivity index (χ0n) is 11.4. The number of benzene rings is 1. The van der Waals surface area contributed by atoms with Crippen LogP contribution in [0.3, 0.4) is 0 Å². The van der Waals surface area contributed by atoms with Crippen molar-refractivity contribution in [3.63, 3.8) is 0 Å². The van der Waals surface area contributed by atoms with Crippen LogP contribution in [0.2, 0.25) is 0 Å². The Labute approximate surface area is 117 Å². The second kappa shape index (κ2) is 6.70. The Kier molecular flexibility index (Phi) is 4.71. The number of nitrogens with zero attached hydrogens (tertiary/aromatic N) is 1. The van der Waals surface area contributed by atoms with Gasteiger partial charge in [-0.15, -0.1) is 0 Å². The third-order valence-electron chi connectivity index (χ3n) is 3.03. The number of rotatable bonds is 5. The first-order chi connectivity index (χ1) is 9.65. The van der Waals surface area contributed by atoms with E-state index in [-0.39, 0.29) is 18.1 Å². The van der Waals surface area contributed by atoms with Gasteiger partial charge in [-0.2, -0.15) is 0 Å². The maximum Gasteiger partial charge on any atom is 0.306 e. The van der Waals surface area contributed by atoms with Crippen molar-refractivity contribution >= 4 is 5.97 Å². The normalized spacial score (nSPS) is 10.2. The second-order valence-electron chi connectivity index (χ2n) is 4.63. The highest BCUT2D eigenvalue weighted by molar-refractivity contribution is 5.69. The molecule has 1 aromatic carbocycles. The van der Waals surface area contributed by atoms with E-state index < -0.39 is 0 Å². The molecular weight excluding hydrogens is 254 g/mol. The van der Waals surface area contributed by atoms with Crippen molar-refractivity contribution in [2.75, 3.05) is 0 Å². The van der Waals surface area contributed by atoms with Crippen LogP contribution in [0.15, 0.2) is 53.5 Å². The lowest BCUT2D eigenvalue weighted by Crippen LogP contribution is -2.16. The van der Waals surface area contributed by atoms with Crippen LogP contribution in [0.4, 0.5) is 0 Å². The molecule has 0 unspecified atom stereocenters. The Morgan fingerprint density at radius 3 is 2.60 bits per heavy atom. The van der Waals surface area contributed by atoms with Crippen LogP contribution >= 0.6 is 0 Å². The first kappa shape index (κ1) is 14.1. The molecule has 104 valence electrons. The van der Waals surface area contributed by atoms with E-state index in [4.69, 9.17) is 4.74 Å². The summed E-state index contributed by atoms with van der Waals surface area (Å²) in [4.78, 5) is 23.1. The van der Waals surface area contributed by atoms with E-state index >= 15 is 0 Å². The molecule has 20 heavy (non-hydrogen) atoms. The SMILES string of the molecule is Cn1ccc(COC(=O)CCc2ccccc2)cc1=O. The van der Waals surface area contributed by atoms with Crippen molar-refractivity contribution in [1.29, 1.82) is 0 Å². The largest absolute Gasteiger partial charge is 0.461 e. The monoisotopic (exact) mass is 271 g/mol. The Hall–Kier alpha value is -2.36. The van der Waals surface area contributed by atoms with Crippen molar-refractivity contribution in [1.82, 2.24) is 4.57 Å². The van der Waals surface area contributed by atoms with Crippen LogP contribution in [-0.2, 0) is 29.6 Å². The average molecular weight is 271 g/mol. The number of carbonyl (C=O) groups excluding carboxylic acids is 1. The van der Waals surface area contributed by atoms with Gasteiger partial charge in [-0.1, -0.05) is 30.3 Å². The van der Waals surface area contributed by atoms with Crippen LogP contribution in [0.5, 0.6) is 0 Å². The predicted octanol–water partition coefficient (Wildman–Crippen LogP) is 2.06. The molecule has 0 saturated carbocycles. The maximum absolute atomic E-state index is 11.6. The van der Waals surface area contributed by atoms with Gasteiger partial charge in [0.25, 0.3) is 5.56 Å². The topological polar surface area (TPSA) is 48.3 Å². The van der Waals surface area contributed by atoms with E-state index in [1.165, 1.54) is 10.6 Å². The minimum Gasteiger partial charge on any atom is -0.461 e. The summed E-state index contributed by atoms with van der Waals surface area (Å²) >= 11 is 0. The minimum atomic E-state index is -0.255. The zero-order chi connectivity index (χ0) is 14.4. The van der Waals surface area contributed by atoms with Gasteiger partial charge in [0, 0.05) is 25.7 Å². The molecule has 0 fully saturated rings. The third-order valence-corrected chi connectivity index (χ3v) is 3.03. The molecule has 4 nitrogen and oxygen atoms in total. The summed E-state index contributed by atoms with van der Waals surface area (Å²) in [5, 5.41) is 0. The summed E-state index contributed by atoms with van der Waals surface area (Å²) in [6, 6.07) is 13.0. The van der Waals surface area contributed by atoms with E-state index in [0.717, 1.165) is 5.56 Å². The fourth-order valence-electron chi connectivity index (χ4n) is 1.81. The molecule has 0 aliphatic rings. The van der Waals surface area contributed by atoms with E-state index in [1.807, 2.05) is 30.3 Å². The molecule has 0 amide bonds. The van der Waals surface area contributed by atoms with E-state index in [9.17, 15) is 9.59 Å². The molecule has 2 rings (SSSR count). The quantitative estimate of drug-likeness (QED) is 0.782. The Bertz CT molecular complexity index is 632. The fourth-order valence-corrected chi connectivity index (χ4v) is 1.81. The van der Waals surface area contributed by atoms with Crippen LogP contribution < -0.4 is 5.56 Å². The summed E-state index contributed by atoms with van der Waals surface area (Å²) in [6.45, 7) is 0.143. The highest BCUT2D eigenvalue weighted by atomic mass is 16.5. The highest BCUT2D eigenvalue weighted by Gasteiger charge is 2.04. The number of esters is 1. The molecule has 0 aliphatic heterocycles. The Balaban J connectivity index is 1.80. The number of hydrogen-bond donors (Lipinski definition) is 0. The van der Waals surface area contributed by atoms with E-state index in [0.29, 0.717) is 18.4 Å². The molecule has 1 aromatic heterocycles. The molecule has 0 atom stereocenters. The zero-order valence-corrected chi connectivity index (χ0v) is 11.4. The van der Waals surface area contributed by atoms with Crippen molar-refractivity contribution in [2.24, 2.45) is 7.05 Å². The lowest BCUT2D eigenvalue weighted by atomic mass is 10.1. The minimum absolute atomic E-state index is 0.108. The highest BCUT2D eigenvalue weighted by Crippen LogP contribution is 2.05. The van der Waals surface area contributed by atoms with Gasteiger partial charge in [-0.05, 0) is 23.6 Å². The summed E-state index contributed by atoms with van der Waals surface area (Å²) in [5.41, 5.74) is 1.71. The average Bonchev–Trinajstić information content (AvgIpc) is 2.47. The summed E-state index contributed by atoms with van der Waals surface area (Å²) in [7, 11) is 1.68. The smallest absolute Gasteiger partial charge is 0.306 e. The van der Waals surface area contributed by atoms with Gasteiger partial charge >= 0.3 is 5.97 Å². The molecule has 4 heteroatoms. The molecule has 0 radical (unpaired) electrons. The molecule has 0 spiro atoms. The van der Waals surface area contributed by atoms with E-state index in [2.05, 4.69) is 0 Å². The third kappa shape index (κ3) is 4.09. The number of ether oxygens (including phenoxy) is 1. The number of carbonyl (C=O) groups is 1. The van der Waals surface area contributed by atoms with Crippen molar-refractivity contribution in [3.05, 3.63) is 70.1 Å². The van der Waals surface area contributed by atoms with Crippen molar-refractivity contribution < 1.29 is 9.53 Å². The molecule has 1 heterocycles. The van der Waals surface area contributed by atoms with Gasteiger partial charge in [0.05, 0.1) is 0 Å². The molecule has 0 N–H and O–H groups in total. The number of aryl methyl sites for hydroxylation is 2. The predicted molar refractivity (Wildman–Crippen MR) is 76.2 cm³/mol. The van der Waals surface area contributed by atoms with Crippen molar-refractivity contribution in [3.8, 4) is 0 Å². The summed E-state index contributed by atoms with van der Waals surface area (Å²) in [5.74, 6) is -0.255. The van der Waals surface area contributed by atoms with Gasteiger partial charge in [-0.25, -0.2) is 0 Å². The van der Waals surface area contributed by atoms with Crippen molar-refractivity contribution in [2.45, 2.75) is 19.4 Å². The first-order valence-electron chi connectivity index (χ1n) is 6.50. The second-order valence-corrected chi connectivity index (χ2v) is 4.63. The molecule has 0 aliphatic carbocycles. The molecule has 2 aromatic rings. The maximum atomic E-state index is 11.6. The lowest BCUT2D eigenvalue weighted by molar-refractivity contribution is -0.144. The number of aromatic nitrogens is 1. The molecule has 0 bridgehead atoms. The first-order valence-corrected chi connectivity index (χ1v) is 6.50. The molecule has 0 saturated heterocycles. The summed E-state index contributed by atoms with van der Waals surface area (Å²) < 4.78 is 6.63. The Morgan fingerprint density at radius 1 is 1.15 bits per heavy atom.